The molecule has 3 aromatic carbocycles. The second kappa shape index (κ2) is 11.1. The van der Waals surface area contributed by atoms with Gasteiger partial charge in [0.2, 0.25) is 0 Å². The van der Waals surface area contributed by atoms with Crippen LogP contribution in [0.1, 0.15) is 43.0 Å². The van der Waals surface area contributed by atoms with E-state index < -0.39 is 17.7 Å². The highest BCUT2D eigenvalue weighted by atomic mass is 16.5. The first-order chi connectivity index (χ1) is 17.4. The number of benzene rings is 3. The molecule has 1 atom stereocenters. The fourth-order valence-corrected chi connectivity index (χ4v) is 4.41. The van der Waals surface area contributed by atoms with Crippen molar-refractivity contribution in [2.24, 2.45) is 0 Å². The van der Waals surface area contributed by atoms with E-state index in [2.05, 4.69) is 0 Å². The molecule has 0 radical (unpaired) electrons. The van der Waals surface area contributed by atoms with Crippen molar-refractivity contribution in [3.63, 3.8) is 0 Å². The highest BCUT2D eigenvalue weighted by Crippen LogP contribution is 2.40. The number of ketones is 1. The maximum Gasteiger partial charge on any atom is 0.290 e. The molecule has 1 heterocycles. The maximum absolute atomic E-state index is 13.4. The Kier molecular flexibility index (Phi) is 7.74. The fourth-order valence-electron chi connectivity index (χ4n) is 4.41. The quantitative estimate of drug-likeness (QED) is 0.406. The topological polar surface area (TPSA) is 76.1 Å². The number of carbonyl (C=O) groups excluding carboxylic acids is 2. The van der Waals surface area contributed by atoms with Crippen molar-refractivity contribution < 1.29 is 24.2 Å². The van der Waals surface area contributed by atoms with Crippen LogP contribution >= 0.6 is 0 Å². The summed E-state index contributed by atoms with van der Waals surface area (Å²) in [6.07, 6.45) is 0.775. The Morgan fingerprint density at radius 3 is 2.17 bits per heavy atom. The number of aliphatic hydroxyl groups is 1. The summed E-state index contributed by atoms with van der Waals surface area (Å²) in [5, 5.41) is 10.9. The van der Waals surface area contributed by atoms with Crippen molar-refractivity contribution in [2.45, 2.75) is 45.4 Å². The number of ether oxygens (including phenoxy) is 2. The molecule has 4 rings (SSSR count). The van der Waals surface area contributed by atoms with Crippen LogP contribution in [0.25, 0.3) is 0 Å². The van der Waals surface area contributed by atoms with Gasteiger partial charge in [0.15, 0.2) is 11.5 Å². The van der Waals surface area contributed by atoms with Crippen LogP contribution in [0, 0.1) is 0 Å². The molecule has 1 N–H and O–H groups in total. The number of nitrogens with zero attached hydrogens (tertiary/aromatic N) is 1. The van der Waals surface area contributed by atoms with Crippen LogP contribution in [-0.2, 0) is 22.6 Å². The van der Waals surface area contributed by atoms with Gasteiger partial charge in [0.25, 0.3) is 5.91 Å². The van der Waals surface area contributed by atoms with Crippen molar-refractivity contribution in [3.05, 3.63) is 107 Å². The highest BCUT2D eigenvalue weighted by molar-refractivity contribution is 6.09. The van der Waals surface area contributed by atoms with E-state index in [1.807, 2.05) is 80.6 Å². The summed E-state index contributed by atoms with van der Waals surface area (Å²) in [4.78, 5) is 28.2. The molecular formula is C30H31NO5. The van der Waals surface area contributed by atoms with Gasteiger partial charge in [-0.05, 0) is 61.2 Å². The first-order valence-electron chi connectivity index (χ1n) is 12.1. The summed E-state index contributed by atoms with van der Waals surface area (Å²) in [6.45, 7) is 4.15. The average molecular weight is 486 g/mol. The van der Waals surface area contributed by atoms with E-state index in [-0.39, 0.29) is 30.4 Å². The lowest BCUT2D eigenvalue weighted by molar-refractivity contribution is -0.130. The Balaban J connectivity index is 1.62. The van der Waals surface area contributed by atoms with Crippen molar-refractivity contribution in [1.82, 2.24) is 4.90 Å². The lowest BCUT2D eigenvalue weighted by Gasteiger charge is -2.27. The van der Waals surface area contributed by atoms with Crippen LogP contribution in [0.4, 0.5) is 0 Å². The molecule has 186 valence electrons. The van der Waals surface area contributed by atoms with E-state index in [0.29, 0.717) is 12.2 Å². The third kappa shape index (κ3) is 5.60. The van der Waals surface area contributed by atoms with Gasteiger partial charge in [-0.2, -0.15) is 0 Å². The summed E-state index contributed by atoms with van der Waals surface area (Å²) in [7, 11) is 1.58. The molecule has 0 spiro atoms. The molecule has 3 aromatic rings. The number of rotatable bonds is 10. The lowest BCUT2D eigenvalue weighted by Crippen LogP contribution is -2.30. The average Bonchev–Trinajstić information content (AvgIpc) is 3.13. The molecule has 0 aromatic heterocycles. The van der Waals surface area contributed by atoms with Crippen LogP contribution in [0.5, 0.6) is 11.5 Å². The number of carbonyl (C=O) groups is 2. The Morgan fingerprint density at radius 2 is 1.56 bits per heavy atom. The van der Waals surface area contributed by atoms with Crippen molar-refractivity contribution in [3.8, 4) is 11.5 Å². The number of hydrogen-bond acceptors (Lipinski definition) is 5. The molecule has 1 aliphatic heterocycles. The van der Waals surface area contributed by atoms with Crippen LogP contribution in [0.2, 0.25) is 0 Å². The Bertz CT molecular complexity index is 1230. The summed E-state index contributed by atoms with van der Waals surface area (Å²) >= 11 is 0. The zero-order valence-corrected chi connectivity index (χ0v) is 20.8. The van der Waals surface area contributed by atoms with E-state index in [1.54, 1.807) is 24.1 Å². The summed E-state index contributed by atoms with van der Waals surface area (Å²) in [5.41, 5.74) is 2.76. The van der Waals surface area contributed by atoms with Gasteiger partial charge in [-0.25, -0.2) is 0 Å². The fraction of sp³-hybridized carbons (Fsp3) is 0.267. The predicted molar refractivity (Wildman–Crippen MR) is 138 cm³/mol. The van der Waals surface area contributed by atoms with Crippen LogP contribution in [0.15, 0.2) is 90.2 Å². The zero-order valence-electron chi connectivity index (χ0n) is 20.8. The molecule has 36 heavy (non-hydrogen) atoms. The normalized spacial score (nSPS) is 15.5. The lowest BCUT2D eigenvalue weighted by atomic mass is 9.93. The third-order valence-electron chi connectivity index (χ3n) is 6.17. The van der Waals surface area contributed by atoms with Gasteiger partial charge < -0.3 is 19.5 Å². The third-order valence-corrected chi connectivity index (χ3v) is 6.17. The molecule has 1 amide bonds. The van der Waals surface area contributed by atoms with E-state index in [0.717, 1.165) is 22.4 Å². The van der Waals surface area contributed by atoms with Gasteiger partial charge in [-0.3, -0.25) is 9.59 Å². The van der Waals surface area contributed by atoms with Gasteiger partial charge in [0.1, 0.15) is 11.5 Å². The molecule has 0 bridgehead atoms. The SMILES string of the molecule is COc1ccc(C2C(C(=O)CCc3ccccc3)=C(O)C(=O)N2Cc2ccc(OC(C)C)cc2)cc1. The van der Waals surface area contributed by atoms with Crippen molar-refractivity contribution in [2.75, 3.05) is 7.11 Å². The summed E-state index contributed by atoms with van der Waals surface area (Å²) < 4.78 is 11.0. The summed E-state index contributed by atoms with van der Waals surface area (Å²) in [5.74, 6) is 0.134. The van der Waals surface area contributed by atoms with E-state index in [9.17, 15) is 14.7 Å². The number of hydrogen-bond donors (Lipinski definition) is 1. The van der Waals surface area contributed by atoms with Crippen molar-refractivity contribution in [1.29, 1.82) is 0 Å². The molecule has 1 aliphatic rings. The monoisotopic (exact) mass is 485 g/mol. The Labute approximate surface area is 211 Å². The number of methoxy groups -OCH3 is 1. The number of amides is 1. The minimum absolute atomic E-state index is 0.0565. The van der Waals surface area contributed by atoms with E-state index in [4.69, 9.17) is 9.47 Å². The number of aliphatic hydroxyl groups excluding tert-OH is 1. The van der Waals surface area contributed by atoms with Gasteiger partial charge in [0, 0.05) is 13.0 Å². The standard InChI is InChI=1S/C30H31NO5/c1-20(2)36-25-14-9-22(10-15-25)19-31-28(23-12-16-24(35-3)17-13-23)27(29(33)30(31)34)26(32)18-11-21-7-5-4-6-8-21/h4-10,12-17,20,28,33H,11,18-19H2,1-3H3. The molecule has 6 heteroatoms. The predicted octanol–water partition coefficient (Wildman–Crippen LogP) is 5.58. The van der Waals surface area contributed by atoms with E-state index in [1.165, 1.54) is 0 Å². The molecule has 6 nitrogen and oxygen atoms in total. The Morgan fingerprint density at radius 1 is 0.917 bits per heavy atom. The van der Waals surface area contributed by atoms with Gasteiger partial charge >= 0.3 is 0 Å². The molecule has 0 fully saturated rings. The van der Waals surface area contributed by atoms with Gasteiger partial charge in [-0.15, -0.1) is 0 Å². The summed E-state index contributed by atoms with van der Waals surface area (Å²) in [6, 6.07) is 23.7. The number of aryl methyl sites for hydroxylation is 1. The van der Waals surface area contributed by atoms with Gasteiger partial charge in [-0.1, -0.05) is 54.6 Å². The molecule has 0 saturated heterocycles. The Hall–Kier alpha value is -4.06. The maximum atomic E-state index is 13.4. The van der Waals surface area contributed by atoms with Crippen LogP contribution < -0.4 is 9.47 Å². The zero-order chi connectivity index (χ0) is 25.7. The smallest absolute Gasteiger partial charge is 0.290 e. The molecule has 0 aliphatic carbocycles. The minimum atomic E-state index is -0.696. The van der Waals surface area contributed by atoms with Crippen molar-refractivity contribution >= 4 is 11.7 Å². The number of Topliss-reactive ketones (excluding diaryl/α,β-unsaturated/α-hetero) is 1. The van der Waals surface area contributed by atoms with Crippen LogP contribution in [-0.4, -0.2) is 34.9 Å². The molecular weight excluding hydrogens is 454 g/mol. The second-order valence-electron chi connectivity index (χ2n) is 9.09. The first kappa shape index (κ1) is 25.0. The second-order valence-corrected chi connectivity index (χ2v) is 9.09. The first-order valence-corrected chi connectivity index (χ1v) is 12.1. The minimum Gasteiger partial charge on any atom is -0.503 e. The highest BCUT2D eigenvalue weighted by Gasteiger charge is 2.43. The molecule has 1 unspecified atom stereocenters. The molecule has 0 saturated carbocycles. The van der Waals surface area contributed by atoms with E-state index >= 15 is 0 Å². The van der Waals surface area contributed by atoms with Gasteiger partial charge in [0.05, 0.1) is 24.8 Å². The van der Waals surface area contributed by atoms with Crippen LogP contribution in [0.3, 0.4) is 0 Å². The largest absolute Gasteiger partial charge is 0.503 e.